The highest BCUT2D eigenvalue weighted by Gasteiger charge is 2.53. The summed E-state index contributed by atoms with van der Waals surface area (Å²) < 4.78 is 25.3. The highest BCUT2D eigenvalue weighted by molar-refractivity contribution is 5.17. The molecule has 7 atom stereocenters. The molecule has 36 heavy (non-hydrogen) atoms. The number of nitrogens with zero attached hydrogens (tertiary/aromatic N) is 1. The fourth-order valence-corrected chi connectivity index (χ4v) is 6.07. The predicted molar refractivity (Wildman–Crippen MR) is 140 cm³/mol. The van der Waals surface area contributed by atoms with Crippen LogP contribution in [0.4, 0.5) is 0 Å². The van der Waals surface area contributed by atoms with Gasteiger partial charge in [0.05, 0.1) is 19.3 Å². The Balaban J connectivity index is 1.63. The van der Waals surface area contributed by atoms with E-state index < -0.39 is 30.9 Å². The van der Waals surface area contributed by atoms with Crippen molar-refractivity contribution in [2.24, 2.45) is 11.3 Å². The second-order valence-corrected chi connectivity index (χ2v) is 11.4. The Hall–Kier alpha value is -1.80. The molecule has 2 aromatic carbocycles. The first-order chi connectivity index (χ1) is 17.2. The lowest BCUT2D eigenvalue weighted by atomic mass is 9.77. The average Bonchev–Trinajstić information content (AvgIpc) is 2.86. The van der Waals surface area contributed by atoms with Crippen LogP contribution in [0.1, 0.15) is 59.0 Å². The van der Waals surface area contributed by atoms with Gasteiger partial charge in [-0.1, -0.05) is 102 Å². The summed E-state index contributed by atoms with van der Waals surface area (Å²) in [6.45, 7) is 14.9. The molecule has 2 heterocycles. The van der Waals surface area contributed by atoms with Crippen LogP contribution in [0.2, 0.25) is 0 Å². The fraction of sp³-hybridized carbons (Fsp3) is 0.600. The quantitative estimate of drug-likeness (QED) is 0.543. The number of hydrogen-bond donors (Lipinski definition) is 1. The fourth-order valence-electron chi connectivity index (χ4n) is 6.07. The Morgan fingerprint density at radius 3 is 2.22 bits per heavy atom. The van der Waals surface area contributed by atoms with Crippen molar-refractivity contribution in [2.75, 3.05) is 13.2 Å². The molecule has 2 aromatic rings. The first-order valence-electron chi connectivity index (χ1n) is 13.3. The van der Waals surface area contributed by atoms with Crippen LogP contribution in [0.3, 0.4) is 0 Å². The van der Waals surface area contributed by atoms with Crippen LogP contribution in [0.15, 0.2) is 60.7 Å². The van der Waals surface area contributed by atoms with Crippen LogP contribution in [0.25, 0.3) is 0 Å². The first kappa shape index (κ1) is 27.2. The van der Waals surface area contributed by atoms with Crippen molar-refractivity contribution in [3.63, 3.8) is 0 Å². The van der Waals surface area contributed by atoms with E-state index in [0.29, 0.717) is 19.1 Å². The van der Waals surface area contributed by atoms with Crippen molar-refractivity contribution in [3.8, 4) is 0 Å². The summed E-state index contributed by atoms with van der Waals surface area (Å²) in [5.41, 5.74) is 1.99. The molecule has 0 amide bonds. The Morgan fingerprint density at radius 1 is 1.00 bits per heavy atom. The van der Waals surface area contributed by atoms with Gasteiger partial charge >= 0.3 is 0 Å². The third-order valence-electron chi connectivity index (χ3n) is 7.29. The summed E-state index contributed by atoms with van der Waals surface area (Å²) in [6.07, 6.45) is -2.89. The van der Waals surface area contributed by atoms with Crippen LogP contribution in [0.5, 0.6) is 0 Å². The van der Waals surface area contributed by atoms with Gasteiger partial charge in [-0.3, -0.25) is 4.90 Å². The summed E-state index contributed by atoms with van der Waals surface area (Å²) >= 11 is 0. The van der Waals surface area contributed by atoms with E-state index in [2.05, 4.69) is 46.4 Å². The summed E-state index contributed by atoms with van der Waals surface area (Å²) in [5.74, 6) is 0.373. The maximum Gasteiger partial charge on any atom is 0.184 e. The number of aliphatic hydroxyl groups excluding tert-OH is 1. The number of aliphatic hydroxyl groups is 1. The van der Waals surface area contributed by atoms with E-state index >= 15 is 0 Å². The van der Waals surface area contributed by atoms with Gasteiger partial charge in [-0.25, -0.2) is 0 Å². The number of hydrogen-bond acceptors (Lipinski definition) is 6. The minimum atomic E-state index is -0.803. The Labute approximate surface area is 216 Å². The van der Waals surface area contributed by atoms with Gasteiger partial charge in [0.2, 0.25) is 0 Å². The minimum absolute atomic E-state index is 0.00612. The van der Waals surface area contributed by atoms with Crippen molar-refractivity contribution in [1.29, 1.82) is 0 Å². The predicted octanol–water partition coefficient (Wildman–Crippen LogP) is 5.16. The minimum Gasteiger partial charge on any atom is -0.388 e. The zero-order valence-electron chi connectivity index (χ0n) is 22.5. The number of benzene rings is 2. The Bertz CT molecular complexity index is 931. The highest BCUT2D eigenvalue weighted by Crippen LogP contribution is 2.39. The molecule has 2 aliphatic heterocycles. The van der Waals surface area contributed by atoms with Gasteiger partial charge in [-0.05, 0) is 23.4 Å². The van der Waals surface area contributed by atoms with Crippen molar-refractivity contribution in [2.45, 2.75) is 91.1 Å². The normalized spacial score (nSPS) is 29.8. The largest absolute Gasteiger partial charge is 0.388 e. The van der Waals surface area contributed by atoms with Crippen LogP contribution in [-0.2, 0) is 25.6 Å². The number of ether oxygens (including phenoxy) is 4. The molecule has 0 radical (unpaired) electrons. The maximum atomic E-state index is 11.9. The second kappa shape index (κ2) is 11.7. The topological polar surface area (TPSA) is 60.4 Å². The molecule has 0 aliphatic carbocycles. The lowest BCUT2D eigenvalue weighted by molar-refractivity contribution is -0.357. The molecule has 4 rings (SSSR count). The molecular formula is C30H43NO5. The number of rotatable bonds is 8. The molecule has 0 bridgehead atoms. The van der Waals surface area contributed by atoms with Gasteiger partial charge in [0.1, 0.15) is 18.3 Å². The standard InChI is InChI=1S/C30H43NO5/c1-7-31(27(20(2)3)30(4,5)6)24-25(32)26-23(19-34-28(36-26)22-16-12-9-13-17-22)35-29(24)33-18-21-14-10-8-11-15-21/h8-17,20,23-29,32H,7,18-19H2,1-6H3/t23-,24-,25+,26-,27?,28?,29-/m1/s1. The van der Waals surface area contributed by atoms with Crippen molar-refractivity contribution < 1.29 is 24.1 Å². The molecule has 0 spiro atoms. The highest BCUT2D eigenvalue weighted by atomic mass is 16.7. The molecule has 198 valence electrons. The molecule has 0 saturated carbocycles. The third-order valence-corrected chi connectivity index (χ3v) is 7.29. The van der Waals surface area contributed by atoms with Crippen LogP contribution >= 0.6 is 0 Å². The van der Waals surface area contributed by atoms with Crippen LogP contribution in [-0.4, -0.2) is 59.8 Å². The van der Waals surface area contributed by atoms with E-state index in [1.54, 1.807) is 0 Å². The second-order valence-electron chi connectivity index (χ2n) is 11.4. The summed E-state index contributed by atoms with van der Waals surface area (Å²) in [7, 11) is 0. The van der Waals surface area contributed by atoms with E-state index in [4.69, 9.17) is 18.9 Å². The molecule has 1 N–H and O–H groups in total. The molecule has 6 nitrogen and oxygen atoms in total. The van der Waals surface area contributed by atoms with Gasteiger partial charge in [0, 0.05) is 11.6 Å². The zero-order valence-corrected chi connectivity index (χ0v) is 22.5. The molecule has 0 aromatic heterocycles. The summed E-state index contributed by atoms with van der Waals surface area (Å²) in [6, 6.07) is 19.8. The van der Waals surface area contributed by atoms with Crippen LogP contribution < -0.4 is 0 Å². The van der Waals surface area contributed by atoms with E-state index in [9.17, 15) is 5.11 Å². The average molecular weight is 498 g/mol. The van der Waals surface area contributed by atoms with Gasteiger partial charge in [0.25, 0.3) is 0 Å². The maximum absolute atomic E-state index is 11.9. The zero-order chi connectivity index (χ0) is 25.9. The molecule has 2 aliphatic rings. The Kier molecular flexibility index (Phi) is 8.87. The lowest BCUT2D eigenvalue weighted by Crippen LogP contribution is -2.69. The van der Waals surface area contributed by atoms with E-state index in [1.807, 2.05) is 60.7 Å². The smallest absolute Gasteiger partial charge is 0.184 e. The van der Waals surface area contributed by atoms with Crippen LogP contribution in [0, 0.1) is 11.3 Å². The first-order valence-corrected chi connectivity index (χ1v) is 13.3. The lowest BCUT2D eigenvalue weighted by Gasteiger charge is -2.54. The SMILES string of the molecule is CCN(C(C(C)C)C(C)(C)C)[C@H]1[C@H](OCc2ccccc2)O[C@@H]2COC(c3ccccc3)O[C@H]2[C@H]1O. The van der Waals surface area contributed by atoms with Gasteiger partial charge in [0.15, 0.2) is 12.6 Å². The van der Waals surface area contributed by atoms with E-state index in [1.165, 1.54) is 0 Å². The molecule has 2 saturated heterocycles. The van der Waals surface area contributed by atoms with Gasteiger partial charge in [-0.15, -0.1) is 0 Å². The van der Waals surface area contributed by atoms with E-state index in [-0.39, 0.29) is 17.5 Å². The van der Waals surface area contributed by atoms with Gasteiger partial charge in [-0.2, -0.15) is 0 Å². The monoisotopic (exact) mass is 497 g/mol. The third kappa shape index (κ3) is 6.01. The Morgan fingerprint density at radius 2 is 1.64 bits per heavy atom. The summed E-state index contributed by atoms with van der Waals surface area (Å²) in [4.78, 5) is 2.37. The molecule has 2 fully saturated rings. The molecular weight excluding hydrogens is 454 g/mol. The molecule has 6 heteroatoms. The number of likely N-dealkylation sites (N-methyl/N-ethyl adjacent to an activating group) is 1. The van der Waals surface area contributed by atoms with E-state index in [0.717, 1.165) is 17.7 Å². The van der Waals surface area contributed by atoms with Crippen molar-refractivity contribution in [3.05, 3.63) is 71.8 Å². The van der Waals surface area contributed by atoms with Crippen molar-refractivity contribution >= 4 is 0 Å². The molecule has 2 unspecified atom stereocenters. The number of fused-ring (bicyclic) bond motifs is 1. The van der Waals surface area contributed by atoms with Gasteiger partial charge < -0.3 is 24.1 Å². The summed E-state index contributed by atoms with van der Waals surface area (Å²) in [5, 5.41) is 11.9. The van der Waals surface area contributed by atoms with Crippen molar-refractivity contribution in [1.82, 2.24) is 4.90 Å².